The van der Waals surface area contributed by atoms with E-state index >= 15 is 0 Å². The van der Waals surface area contributed by atoms with E-state index in [1.807, 2.05) is 0 Å². The summed E-state index contributed by atoms with van der Waals surface area (Å²) >= 11 is 6.01. The summed E-state index contributed by atoms with van der Waals surface area (Å²) in [6, 6.07) is 4.97. The number of rotatable bonds is 5. The summed E-state index contributed by atoms with van der Waals surface area (Å²) in [6.45, 7) is 0.252. The molecule has 3 atom stereocenters. The molecule has 2 aliphatic rings. The Labute approximate surface area is 180 Å². The molecule has 164 valence electrons. The Hall–Kier alpha value is -2.82. The number of piperidine rings is 1. The average molecular weight is 454 g/mol. The fourth-order valence-corrected chi connectivity index (χ4v) is 4.65. The van der Waals surface area contributed by atoms with Crippen LogP contribution in [0.15, 0.2) is 30.7 Å². The summed E-state index contributed by atoms with van der Waals surface area (Å²) in [6.07, 6.45) is 0.790. The van der Waals surface area contributed by atoms with Crippen LogP contribution in [-0.2, 0) is 0 Å². The second kappa shape index (κ2) is 7.70. The molecule has 0 radical (unpaired) electrons. The lowest BCUT2D eigenvalue weighted by Gasteiger charge is -2.38. The van der Waals surface area contributed by atoms with Crippen molar-refractivity contribution in [3.63, 3.8) is 0 Å². The number of pyridine rings is 1. The molecule has 0 amide bonds. The highest BCUT2D eigenvalue weighted by molar-refractivity contribution is 6.29. The van der Waals surface area contributed by atoms with Crippen molar-refractivity contribution >= 4 is 29.0 Å². The Balaban J connectivity index is 1.31. The van der Waals surface area contributed by atoms with Gasteiger partial charge in [0.05, 0.1) is 0 Å². The molecular formula is C19H19ClF3N7O. The molecule has 1 saturated carbocycles. The Morgan fingerprint density at radius 3 is 2.68 bits per heavy atom. The molecule has 8 nitrogen and oxygen atoms in total. The summed E-state index contributed by atoms with van der Waals surface area (Å²) < 4.78 is 43.9. The van der Waals surface area contributed by atoms with E-state index in [1.165, 1.54) is 16.9 Å². The van der Waals surface area contributed by atoms with Crippen molar-refractivity contribution in [1.29, 1.82) is 0 Å². The predicted octanol–water partition coefficient (Wildman–Crippen LogP) is 3.44. The molecule has 3 aromatic rings. The van der Waals surface area contributed by atoms with Crippen LogP contribution in [0.4, 0.5) is 24.9 Å². The number of aromatic nitrogens is 5. The van der Waals surface area contributed by atoms with Crippen LogP contribution in [-0.4, -0.2) is 56.5 Å². The molecule has 1 saturated heterocycles. The van der Waals surface area contributed by atoms with Crippen LogP contribution < -0.4 is 15.0 Å². The largest absolute Gasteiger partial charge is 0.480 e. The van der Waals surface area contributed by atoms with Gasteiger partial charge < -0.3 is 15.0 Å². The van der Waals surface area contributed by atoms with Crippen molar-refractivity contribution in [2.75, 3.05) is 29.9 Å². The van der Waals surface area contributed by atoms with Gasteiger partial charge in [0.1, 0.15) is 17.3 Å². The first kappa shape index (κ1) is 20.1. The van der Waals surface area contributed by atoms with Crippen molar-refractivity contribution in [3.8, 4) is 5.75 Å². The standard InChI is InChI=1S/C19H19ClF3N7O/c20-14-6-15(25-10-24-14)29-7-11-3-4-12(8-29)16(11)26-18-27-17-13(31-9-19(21,22)23)2-1-5-30(17)28-18/h1-2,5-6,10-12,16H,3-4,7-9H2,(H,26,28)/t11-,12?,16-/m0/s1. The number of fused-ring (bicyclic) bond motifs is 3. The number of anilines is 2. The zero-order valence-electron chi connectivity index (χ0n) is 16.3. The van der Waals surface area contributed by atoms with Gasteiger partial charge in [0.15, 0.2) is 18.0 Å². The van der Waals surface area contributed by atoms with E-state index in [4.69, 9.17) is 16.3 Å². The highest BCUT2D eigenvalue weighted by Gasteiger charge is 2.43. The molecule has 2 fully saturated rings. The number of hydrogen-bond acceptors (Lipinski definition) is 7. The summed E-state index contributed by atoms with van der Waals surface area (Å²) in [7, 11) is 0. The normalized spacial score (nSPS) is 23.4. The molecule has 1 N–H and O–H groups in total. The van der Waals surface area contributed by atoms with Crippen LogP contribution in [0, 0.1) is 11.8 Å². The Morgan fingerprint density at radius 2 is 1.97 bits per heavy atom. The summed E-state index contributed by atoms with van der Waals surface area (Å²) in [5, 5.41) is 8.20. The van der Waals surface area contributed by atoms with Crippen LogP contribution in [0.2, 0.25) is 5.15 Å². The molecule has 0 spiro atoms. The number of nitrogens with one attached hydrogen (secondary N) is 1. The number of hydrogen-bond donors (Lipinski definition) is 1. The molecular weight excluding hydrogens is 435 g/mol. The second-order valence-electron chi connectivity index (χ2n) is 7.85. The van der Waals surface area contributed by atoms with Gasteiger partial charge >= 0.3 is 6.18 Å². The van der Waals surface area contributed by atoms with Crippen molar-refractivity contribution in [3.05, 3.63) is 35.9 Å². The Kier molecular flexibility index (Phi) is 4.99. The number of alkyl halides is 3. The molecule has 4 heterocycles. The van der Waals surface area contributed by atoms with Crippen molar-refractivity contribution in [2.24, 2.45) is 11.8 Å². The Morgan fingerprint density at radius 1 is 1.19 bits per heavy atom. The van der Waals surface area contributed by atoms with Crippen molar-refractivity contribution < 1.29 is 17.9 Å². The van der Waals surface area contributed by atoms with Gasteiger partial charge in [0.2, 0.25) is 5.95 Å². The van der Waals surface area contributed by atoms with E-state index in [2.05, 4.69) is 30.3 Å². The second-order valence-corrected chi connectivity index (χ2v) is 8.24. The average Bonchev–Trinajstić information content (AvgIpc) is 3.22. The van der Waals surface area contributed by atoms with E-state index in [1.54, 1.807) is 18.3 Å². The summed E-state index contributed by atoms with van der Waals surface area (Å²) in [4.78, 5) is 14.9. The van der Waals surface area contributed by atoms with Gasteiger partial charge in [-0.2, -0.15) is 18.2 Å². The van der Waals surface area contributed by atoms with Gasteiger partial charge in [-0.15, -0.1) is 5.10 Å². The van der Waals surface area contributed by atoms with Gasteiger partial charge in [-0.1, -0.05) is 11.6 Å². The maximum atomic E-state index is 12.5. The fraction of sp³-hybridized carbons (Fsp3) is 0.474. The van der Waals surface area contributed by atoms with Gasteiger partial charge in [0, 0.05) is 31.4 Å². The lowest BCUT2D eigenvalue weighted by Crippen LogP contribution is -2.48. The highest BCUT2D eigenvalue weighted by Crippen LogP contribution is 2.39. The van der Waals surface area contributed by atoms with E-state index in [0.29, 0.717) is 22.9 Å². The smallest absolute Gasteiger partial charge is 0.422 e. The third-order valence-corrected chi connectivity index (χ3v) is 6.00. The lowest BCUT2D eigenvalue weighted by atomic mass is 9.92. The molecule has 12 heteroatoms. The third kappa shape index (κ3) is 4.18. The molecule has 5 rings (SSSR count). The number of ether oxygens (including phenoxy) is 1. The van der Waals surface area contributed by atoms with Crippen molar-refractivity contribution in [2.45, 2.75) is 25.1 Å². The van der Waals surface area contributed by atoms with E-state index in [-0.39, 0.29) is 17.4 Å². The molecule has 31 heavy (non-hydrogen) atoms. The zero-order chi connectivity index (χ0) is 21.6. The molecule has 2 bridgehead atoms. The molecule has 0 aromatic carbocycles. The minimum absolute atomic E-state index is 0.0406. The number of nitrogens with zero attached hydrogens (tertiary/aromatic N) is 6. The summed E-state index contributed by atoms with van der Waals surface area (Å²) in [5.74, 6) is 1.95. The maximum absolute atomic E-state index is 12.5. The Bertz CT molecular complexity index is 1080. The van der Waals surface area contributed by atoms with Gasteiger partial charge in [-0.25, -0.2) is 14.5 Å². The quantitative estimate of drug-likeness (QED) is 0.593. The minimum atomic E-state index is -4.42. The lowest BCUT2D eigenvalue weighted by molar-refractivity contribution is -0.153. The fourth-order valence-electron chi connectivity index (χ4n) is 4.51. The van der Waals surface area contributed by atoms with E-state index < -0.39 is 12.8 Å². The first-order valence-corrected chi connectivity index (χ1v) is 10.3. The van der Waals surface area contributed by atoms with Gasteiger partial charge in [-0.3, -0.25) is 0 Å². The molecule has 1 aliphatic carbocycles. The SMILES string of the molecule is FC(F)(F)COc1cccn2nc(N[C@@H]3C4CC[C@H]3CN(c3cc(Cl)ncn3)C4)nc12. The number of halogens is 4. The van der Waals surface area contributed by atoms with E-state index in [0.717, 1.165) is 31.7 Å². The summed E-state index contributed by atoms with van der Waals surface area (Å²) in [5.41, 5.74) is 0.245. The van der Waals surface area contributed by atoms with Crippen LogP contribution in [0.3, 0.4) is 0 Å². The first-order valence-electron chi connectivity index (χ1n) is 9.90. The van der Waals surface area contributed by atoms with Crippen molar-refractivity contribution in [1.82, 2.24) is 24.6 Å². The zero-order valence-corrected chi connectivity index (χ0v) is 17.0. The monoisotopic (exact) mass is 453 g/mol. The molecule has 1 unspecified atom stereocenters. The topological polar surface area (TPSA) is 80.5 Å². The van der Waals surface area contributed by atoms with Crippen LogP contribution in [0.25, 0.3) is 5.65 Å². The minimum Gasteiger partial charge on any atom is -0.480 e. The van der Waals surface area contributed by atoms with Gasteiger partial charge in [0.25, 0.3) is 0 Å². The van der Waals surface area contributed by atoms with Gasteiger partial charge in [-0.05, 0) is 36.8 Å². The third-order valence-electron chi connectivity index (χ3n) is 5.79. The molecule has 1 aliphatic heterocycles. The predicted molar refractivity (Wildman–Crippen MR) is 107 cm³/mol. The van der Waals surface area contributed by atoms with Crippen LogP contribution in [0.1, 0.15) is 12.8 Å². The maximum Gasteiger partial charge on any atom is 0.422 e. The molecule has 3 aromatic heterocycles. The van der Waals surface area contributed by atoms with E-state index in [9.17, 15) is 13.2 Å². The van der Waals surface area contributed by atoms with Crippen LogP contribution in [0.5, 0.6) is 5.75 Å². The highest BCUT2D eigenvalue weighted by atomic mass is 35.5. The first-order chi connectivity index (χ1) is 14.9. The van der Waals surface area contributed by atoms with Crippen LogP contribution >= 0.6 is 11.6 Å².